The van der Waals surface area contributed by atoms with Gasteiger partial charge in [-0.15, -0.1) is 0 Å². The molecule has 0 unspecified atom stereocenters. The molecule has 3 rings (SSSR count). The SMILES string of the molecule is Cc1cc(/C=C/C(=O)O)cnc1-n1cnc2ccccc21. The number of carboxylic acids is 1. The van der Waals surface area contributed by atoms with E-state index < -0.39 is 5.97 Å². The van der Waals surface area contributed by atoms with Crippen LogP contribution in [0.25, 0.3) is 22.9 Å². The Kier molecular flexibility index (Phi) is 3.23. The minimum Gasteiger partial charge on any atom is -0.478 e. The summed E-state index contributed by atoms with van der Waals surface area (Å²) in [5, 5.41) is 8.65. The van der Waals surface area contributed by atoms with Crippen molar-refractivity contribution >= 4 is 23.1 Å². The molecule has 0 radical (unpaired) electrons. The van der Waals surface area contributed by atoms with E-state index in [4.69, 9.17) is 5.11 Å². The van der Waals surface area contributed by atoms with Crippen LogP contribution in [-0.2, 0) is 4.79 Å². The van der Waals surface area contributed by atoms with Gasteiger partial charge in [-0.1, -0.05) is 12.1 Å². The average molecular weight is 279 g/mol. The van der Waals surface area contributed by atoms with E-state index in [9.17, 15) is 4.79 Å². The summed E-state index contributed by atoms with van der Waals surface area (Å²) in [5.41, 5.74) is 3.60. The number of nitrogens with zero attached hydrogens (tertiary/aromatic N) is 3. The first-order valence-electron chi connectivity index (χ1n) is 6.45. The van der Waals surface area contributed by atoms with Crippen molar-refractivity contribution in [3.05, 3.63) is 60.1 Å². The van der Waals surface area contributed by atoms with Crippen molar-refractivity contribution in [3.8, 4) is 5.82 Å². The third kappa shape index (κ3) is 2.53. The molecule has 1 aromatic carbocycles. The molecule has 104 valence electrons. The molecule has 0 aliphatic heterocycles. The number of carboxylic acid groups (broad SMARTS) is 1. The molecule has 0 atom stereocenters. The minimum absolute atomic E-state index is 0.753. The Hall–Kier alpha value is -2.95. The van der Waals surface area contributed by atoms with Gasteiger partial charge in [0.2, 0.25) is 0 Å². The number of carbonyl (C=O) groups is 1. The molecule has 3 aromatic rings. The van der Waals surface area contributed by atoms with Gasteiger partial charge in [0.05, 0.1) is 11.0 Å². The maximum atomic E-state index is 10.5. The van der Waals surface area contributed by atoms with Crippen LogP contribution in [0.4, 0.5) is 0 Å². The Labute approximate surface area is 121 Å². The van der Waals surface area contributed by atoms with Crippen molar-refractivity contribution in [1.29, 1.82) is 0 Å². The number of fused-ring (bicyclic) bond motifs is 1. The van der Waals surface area contributed by atoms with E-state index in [1.54, 1.807) is 12.5 Å². The topological polar surface area (TPSA) is 68.0 Å². The molecule has 5 heteroatoms. The first-order chi connectivity index (χ1) is 10.1. The number of imidazole rings is 1. The van der Waals surface area contributed by atoms with Gasteiger partial charge in [-0.05, 0) is 42.3 Å². The number of hydrogen-bond donors (Lipinski definition) is 1. The predicted octanol–water partition coefficient (Wildman–Crippen LogP) is 2.83. The Bertz CT molecular complexity index is 850. The lowest BCUT2D eigenvalue weighted by atomic mass is 10.2. The van der Waals surface area contributed by atoms with Gasteiger partial charge in [0.1, 0.15) is 12.1 Å². The zero-order valence-corrected chi connectivity index (χ0v) is 11.4. The van der Waals surface area contributed by atoms with Crippen molar-refractivity contribution in [1.82, 2.24) is 14.5 Å². The smallest absolute Gasteiger partial charge is 0.328 e. The van der Waals surface area contributed by atoms with Gasteiger partial charge < -0.3 is 5.11 Å². The second-order valence-corrected chi connectivity index (χ2v) is 4.68. The number of benzene rings is 1. The molecule has 0 aliphatic rings. The third-order valence-corrected chi connectivity index (χ3v) is 3.17. The van der Waals surface area contributed by atoms with Crippen molar-refractivity contribution in [3.63, 3.8) is 0 Å². The Morgan fingerprint density at radius 3 is 2.86 bits per heavy atom. The summed E-state index contributed by atoms with van der Waals surface area (Å²) in [6.07, 6.45) is 6.02. The molecule has 1 N–H and O–H groups in total. The molecule has 0 aliphatic carbocycles. The summed E-state index contributed by atoms with van der Waals surface area (Å²) >= 11 is 0. The quantitative estimate of drug-likeness (QED) is 0.748. The summed E-state index contributed by atoms with van der Waals surface area (Å²) < 4.78 is 1.93. The lowest BCUT2D eigenvalue weighted by molar-refractivity contribution is -0.131. The van der Waals surface area contributed by atoms with Crippen LogP contribution in [0.1, 0.15) is 11.1 Å². The number of aliphatic carboxylic acids is 1. The highest BCUT2D eigenvalue weighted by Gasteiger charge is 2.08. The minimum atomic E-state index is -0.975. The van der Waals surface area contributed by atoms with E-state index in [0.717, 1.165) is 34.1 Å². The fraction of sp³-hybridized carbons (Fsp3) is 0.0625. The van der Waals surface area contributed by atoms with Crippen molar-refractivity contribution in [2.45, 2.75) is 6.92 Å². The molecular weight excluding hydrogens is 266 g/mol. The number of aromatic nitrogens is 3. The Morgan fingerprint density at radius 1 is 1.29 bits per heavy atom. The lowest BCUT2D eigenvalue weighted by Crippen LogP contribution is -1.99. The number of hydrogen-bond acceptors (Lipinski definition) is 3. The van der Waals surface area contributed by atoms with Crippen LogP contribution in [0.3, 0.4) is 0 Å². The molecule has 2 aromatic heterocycles. The van der Waals surface area contributed by atoms with Crippen molar-refractivity contribution in [2.75, 3.05) is 0 Å². The summed E-state index contributed by atoms with van der Waals surface area (Å²) in [4.78, 5) is 19.3. The first-order valence-corrected chi connectivity index (χ1v) is 6.45. The highest BCUT2D eigenvalue weighted by atomic mass is 16.4. The van der Waals surface area contributed by atoms with E-state index >= 15 is 0 Å². The molecule has 0 bridgehead atoms. The maximum absolute atomic E-state index is 10.5. The molecule has 0 saturated heterocycles. The Balaban J connectivity index is 2.05. The Morgan fingerprint density at radius 2 is 2.10 bits per heavy atom. The van der Waals surface area contributed by atoms with Crippen LogP contribution in [0.5, 0.6) is 0 Å². The van der Waals surface area contributed by atoms with Gasteiger partial charge in [0.15, 0.2) is 0 Å². The van der Waals surface area contributed by atoms with Gasteiger partial charge in [0, 0.05) is 12.3 Å². The van der Waals surface area contributed by atoms with Crippen LogP contribution in [0, 0.1) is 6.92 Å². The zero-order chi connectivity index (χ0) is 14.8. The molecule has 2 heterocycles. The highest BCUT2D eigenvalue weighted by Crippen LogP contribution is 2.19. The van der Waals surface area contributed by atoms with Gasteiger partial charge in [-0.25, -0.2) is 14.8 Å². The normalized spacial score (nSPS) is 11.3. The van der Waals surface area contributed by atoms with E-state index in [2.05, 4.69) is 9.97 Å². The van der Waals surface area contributed by atoms with E-state index in [0.29, 0.717) is 0 Å². The number of para-hydroxylation sites is 2. The second-order valence-electron chi connectivity index (χ2n) is 4.68. The van der Waals surface area contributed by atoms with Crippen LogP contribution in [0.15, 0.2) is 48.9 Å². The first kappa shape index (κ1) is 13.1. The van der Waals surface area contributed by atoms with Crippen molar-refractivity contribution in [2.24, 2.45) is 0 Å². The molecule has 0 amide bonds. The van der Waals surface area contributed by atoms with E-state index in [1.165, 1.54) is 6.08 Å². The van der Waals surface area contributed by atoms with Gasteiger partial charge in [-0.3, -0.25) is 4.57 Å². The second kappa shape index (κ2) is 5.20. The molecule has 0 spiro atoms. The largest absolute Gasteiger partial charge is 0.478 e. The highest BCUT2D eigenvalue weighted by molar-refractivity contribution is 5.85. The fourth-order valence-electron chi connectivity index (χ4n) is 2.23. The van der Waals surface area contributed by atoms with E-state index in [-0.39, 0.29) is 0 Å². The van der Waals surface area contributed by atoms with Crippen LogP contribution in [-0.4, -0.2) is 25.6 Å². The maximum Gasteiger partial charge on any atom is 0.328 e. The average Bonchev–Trinajstić information content (AvgIpc) is 2.89. The molecule has 5 nitrogen and oxygen atoms in total. The van der Waals surface area contributed by atoms with Crippen LogP contribution < -0.4 is 0 Å². The monoisotopic (exact) mass is 279 g/mol. The number of rotatable bonds is 3. The lowest BCUT2D eigenvalue weighted by Gasteiger charge is -2.07. The van der Waals surface area contributed by atoms with Crippen LogP contribution >= 0.6 is 0 Å². The predicted molar refractivity (Wildman–Crippen MR) is 80.3 cm³/mol. The summed E-state index contributed by atoms with van der Waals surface area (Å²) in [6, 6.07) is 9.74. The standard InChI is InChI=1S/C16H13N3O2/c1-11-8-12(6-7-15(20)21)9-17-16(11)19-10-18-13-4-2-3-5-14(13)19/h2-10H,1H3,(H,20,21)/b7-6+. The summed E-state index contributed by atoms with van der Waals surface area (Å²) in [6.45, 7) is 1.94. The fourth-order valence-corrected chi connectivity index (χ4v) is 2.23. The molecular formula is C16H13N3O2. The molecule has 0 fully saturated rings. The number of aryl methyl sites for hydroxylation is 1. The van der Waals surface area contributed by atoms with Gasteiger partial charge >= 0.3 is 5.97 Å². The van der Waals surface area contributed by atoms with Gasteiger partial charge in [-0.2, -0.15) is 0 Å². The molecule has 0 saturated carbocycles. The zero-order valence-electron chi connectivity index (χ0n) is 11.4. The molecule has 21 heavy (non-hydrogen) atoms. The van der Waals surface area contributed by atoms with E-state index in [1.807, 2.05) is 41.8 Å². The third-order valence-electron chi connectivity index (χ3n) is 3.17. The van der Waals surface area contributed by atoms with Crippen molar-refractivity contribution < 1.29 is 9.90 Å². The summed E-state index contributed by atoms with van der Waals surface area (Å²) in [7, 11) is 0. The summed E-state index contributed by atoms with van der Waals surface area (Å²) in [5.74, 6) is -0.187. The number of pyridine rings is 1. The van der Waals surface area contributed by atoms with Gasteiger partial charge in [0.25, 0.3) is 0 Å². The van der Waals surface area contributed by atoms with Crippen LogP contribution in [0.2, 0.25) is 0 Å².